The van der Waals surface area contributed by atoms with Gasteiger partial charge < -0.3 is 25.0 Å². The third-order valence-electron chi connectivity index (χ3n) is 5.81. The van der Waals surface area contributed by atoms with Crippen LogP contribution >= 0.6 is 0 Å². The van der Waals surface area contributed by atoms with Gasteiger partial charge in [0.15, 0.2) is 0 Å². The molecule has 0 unspecified atom stereocenters. The van der Waals surface area contributed by atoms with Crippen molar-refractivity contribution in [3.63, 3.8) is 0 Å². The molecule has 0 spiro atoms. The molecule has 0 saturated carbocycles. The Morgan fingerprint density at radius 1 is 0.946 bits per heavy atom. The van der Waals surface area contributed by atoms with Gasteiger partial charge in [-0.25, -0.2) is 9.48 Å². The minimum atomic E-state index is -0.340. The third kappa shape index (κ3) is 7.49. The molecular formula is C28H37N5O4. The maximum absolute atomic E-state index is 13.2. The predicted molar refractivity (Wildman–Crippen MR) is 146 cm³/mol. The lowest BCUT2D eigenvalue weighted by Crippen LogP contribution is -2.41. The Morgan fingerprint density at radius 3 is 2.08 bits per heavy atom. The van der Waals surface area contributed by atoms with Crippen LogP contribution in [-0.4, -0.2) is 53.9 Å². The summed E-state index contributed by atoms with van der Waals surface area (Å²) in [7, 11) is 3.20. The van der Waals surface area contributed by atoms with Gasteiger partial charge in [-0.15, -0.1) is 0 Å². The van der Waals surface area contributed by atoms with Crippen LogP contribution in [0.2, 0.25) is 0 Å². The minimum Gasteiger partial charge on any atom is -0.497 e. The number of unbranched alkanes of at least 4 members (excludes halogenated alkanes) is 1. The maximum Gasteiger partial charge on any atom is 0.322 e. The van der Waals surface area contributed by atoms with Crippen LogP contribution in [-0.2, 0) is 10.2 Å². The highest BCUT2D eigenvalue weighted by Crippen LogP contribution is 2.27. The van der Waals surface area contributed by atoms with Gasteiger partial charge in [0.1, 0.15) is 23.9 Å². The Hall–Kier alpha value is -4.01. The van der Waals surface area contributed by atoms with Gasteiger partial charge in [-0.1, -0.05) is 34.1 Å². The summed E-state index contributed by atoms with van der Waals surface area (Å²) >= 11 is 0. The van der Waals surface area contributed by atoms with E-state index in [-0.39, 0.29) is 23.9 Å². The number of aromatic nitrogens is 2. The second-order valence-electron chi connectivity index (χ2n) is 9.76. The zero-order valence-electron chi connectivity index (χ0n) is 22.5. The van der Waals surface area contributed by atoms with Gasteiger partial charge in [0.05, 0.1) is 25.6 Å². The Morgan fingerprint density at radius 2 is 1.54 bits per heavy atom. The Balaban J connectivity index is 1.79. The minimum absolute atomic E-state index is 0.0966. The lowest BCUT2D eigenvalue weighted by atomic mass is 9.92. The number of amides is 3. The fraction of sp³-hybridized carbons (Fsp3) is 0.393. The zero-order chi connectivity index (χ0) is 27.0. The van der Waals surface area contributed by atoms with Gasteiger partial charge in [0.25, 0.3) is 0 Å². The molecule has 0 aliphatic carbocycles. The average Bonchev–Trinajstić information content (AvgIpc) is 3.31. The Kier molecular flexibility index (Phi) is 9.16. The van der Waals surface area contributed by atoms with Crippen LogP contribution in [0, 0.1) is 0 Å². The van der Waals surface area contributed by atoms with Crippen LogP contribution in [0.3, 0.4) is 0 Å². The molecule has 9 nitrogen and oxygen atoms in total. The van der Waals surface area contributed by atoms with Crippen molar-refractivity contribution in [2.75, 3.05) is 37.9 Å². The summed E-state index contributed by atoms with van der Waals surface area (Å²) in [6.45, 7) is 8.60. The number of methoxy groups -OCH3 is 2. The summed E-state index contributed by atoms with van der Waals surface area (Å²) in [5, 5.41) is 10.6. The van der Waals surface area contributed by atoms with Crippen molar-refractivity contribution in [1.29, 1.82) is 0 Å². The molecule has 3 amide bonds. The number of carbonyl (C=O) groups is 2. The SMILES string of the molecule is CCCCN(CC(=O)Nc1cc(C(C)(C)C)nn1-c1ccc(OC)cc1)C(=O)Nc1ccc(OC)cc1. The van der Waals surface area contributed by atoms with Crippen molar-refractivity contribution in [2.45, 2.75) is 46.0 Å². The van der Waals surface area contributed by atoms with E-state index >= 15 is 0 Å². The molecule has 198 valence electrons. The van der Waals surface area contributed by atoms with Crippen molar-refractivity contribution in [2.24, 2.45) is 0 Å². The van der Waals surface area contributed by atoms with E-state index in [2.05, 4.69) is 31.4 Å². The van der Waals surface area contributed by atoms with Crippen LogP contribution in [0.5, 0.6) is 11.5 Å². The lowest BCUT2D eigenvalue weighted by Gasteiger charge is -2.22. The Bertz CT molecular complexity index is 1180. The molecular weight excluding hydrogens is 470 g/mol. The van der Waals surface area contributed by atoms with Crippen molar-refractivity contribution >= 4 is 23.4 Å². The number of carbonyl (C=O) groups excluding carboxylic acids is 2. The maximum atomic E-state index is 13.2. The molecule has 1 aromatic heterocycles. The van der Waals surface area contributed by atoms with Crippen molar-refractivity contribution in [3.8, 4) is 17.2 Å². The number of nitrogens with zero attached hydrogens (tertiary/aromatic N) is 3. The standard InChI is InChI=1S/C28H37N5O4/c1-7-8-17-32(27(35)29-20-9-13-22(36-5)14-10-20)19-26(34)30-25-18-24(28(2,3)4)31-33(25)21-11-15-23(37-6)16-12-21/h9-16,18H,7-8,17,19H2,1-6H3,(H,29,35)(H,30,34). The molecule has 0 aliphatic rings. The average molecular weight is 508 g/mol. The number of hydrogen-bond acceptors (Lipinski definition) is 5. The first kappa shape index (κ1) is 27.6. The molecule has 0 bridgehead atoms. The van der Waals surface area contributed by atoms with E-state index in [0.29, 0.717) is 23.8 Å². The van der Waals surface area contributed by atoms with Gasteiger partial charge in [0.2, 0.25) is 5.91 Å². The van der Waals surface area contributed by atoms with Crippen molar-refractivity contribution in [1.82, 2.24) is 14.7 Å². The molecule has 37 heavy (non-hydrogen) atoms. The van der Waals surface area contributed by atoms with Crippen LogP contribution < -0.4 is 20.1 Å². The topological polar surface area (TPSA) is 97.7 Å². The predicted octanol–water partition coefficient (Wildman–Crippen LogP) is 5.46. The highest BCUT2D eigenvalue weighted by molar-refractivity contribution is 5.96. The van der Waals surface area contributed by atoms with E-state index < -0.39 is 0 Å². The lowest BCUT2D eigenvalue weighted by molar-refractivity contribution is -0.116. The van der Waals surface area contributed by atoms with E-state index in [1.165, 1.54) is 4.90 Å². The summed E-state index contributed by atoms with van der Waals surface area (Å²) in [5.74, 6) is 1.65. The number of hydrogen-bond donors (Lipinski definition) is 2. The molecule has 0 fully saturated rings. The zero-order valence-corrected chi connectivity index (χ0v) is 22.5. The fourth-order valence-corrected chi connectivity index (χ4v) is 3.59. The molecule has 9 heteroatoms. The summed E-state index contributed by atoms with van der Waals surface area (Å²) in [6.07, 6.45) is 1.67. The summed E-state index contributed by atoms with van der Waals surface area (Å²) < 4.78 is 12.1. The first-order valence-electron chi connectivity index (χ1n) is 12.4. The molecule has 0 atom stereocenters. The van der Waals surface area contributed by atoms with Gasteiger partial charge in [-0.05, 0) is 55.0 Å². The number of anilines is 2. The summed E-state index contributed by atoms with van der Waals surface area (Å²) in [6, 6.07) is 16.0. The monoisotopic (exact) mass is 507 g/mol. The number of rotatable bonds is 10. The van der Waals surface area contributed by atoms with Gasteiger partial charge in [-0.3, -0.25) is 4.79 Å². The van der Waals surface area contributed by atoms with Crippen LogP contribution in [0.25, 0.3) is 5.69 Å². The van der Waals surface area contributed by atoms with Crippen LogP contribution in [0.1, 0.15) is 46.2 Å². The van der Waals surface area contributed by atoms with E-state index in [9.17, 15) is 9.59 Å². The van der Waals surface area contributed by atoms with Crippen molar-refractivity contribution < 1.29 is 19.1 Å². The van der Waals surface area contributed by atoms with Crippen molar-refractivity contribution in [3.05, 3.63) is 60.3 Å². The molecule has 2 aromatic carbocycles. The molecule has 3 rings (SSSR count). The molecule has 0 radical (unpaired) electrons. The normalized spacial score (nSPS) is 11.1. The van der Waals surface area contributed by atoms with Gasteiger partial charge in [-0.2, -0.15) is 5.10 Å². The molecule has 1 heterocycles. The number of ether oxygens (including phenoxy) is 2. The molecule has 0 aliphatic heterocycles. The molecule has 0 saturated heterocycles. The first-order valence-corrected chi connectivity index (χ1v) is 12.4. The smallest absolute Gasteiger partial charge is 0.322 e. The summed E-state index contributed by atoms with van der Waals surface area (Å²) in [4.78, 5) is 27.7. The highest BCUT2D eigenvalue weighted by atomic mass is 16.5. The number of nitrogens with one attached hydrogen (secondary N) is 2. The second-order valence-corrected chi connectivity index (χ2v) is 9.76. The number of urea groups is 1. The van der Waals surface area contributed by atoms with E-state index in [1.807, 2.05) is 37.3 Å². The largest absolute Gasteiger partial charge is 0.497 e. The highest BCUT2D eigenvalue weighted by Gasteiger charge is 2.23. The van der Waals surface area contributed by atoms with Crippen LogP contribution in [0.4, 0.5) is 16.3 Å². The van der Waals surface area contributed by atoms with Gasteiger partial charge >= 0.3 is 6.03 Å². The van der Waals surface area contributed by atoms with Gasteiger partial charge in [0, 0.05) is 23.7 Å². The third-order valence-corrected chi connectivity index (χ3v) is 5.81. The van der Waals surface area contributed by atoms with E-state index in [0.717, 1.165) is 30.0 Å². The van der Waals surface area contributed by atoms with E-state index in [4.69, 9.17) is 14.6 Å². The Labute approximate surface area is 218 Å². The van der Waals surface area contributed by atoms with Crippen LogP contribution in [0.15, 0.2) is 54.6 Å². The quantitative estimate of drug-likeness (QED) is 0.380. The first-order chi connectivity index (χ1) is 17.6. The second kappa shape index (κ2) is 12.3. The fourth-order valence-electron chi connectivity index (χ4n) is 3.59. The number of benzene rings is 2. The van der Waals surface area contributed by atoms with E-state index in [1.54, 1.807) is 43.2 Å². The molecule has 3 aromatic rings. The molecule has 2 N–H and O–H groups in total. The summed E-state index contributed by atoms with van der Waals surface area (Å²) in [5.41, 5.74) is 2.02.